The van der Waals surface area contributed by atoms with E-state index in [0.29, 0.717) is 11.8 Å². The fourth-order valence-corrected chi connectivity index (χ4v) is 1.01. The van der Waals surface area contributed by atoms with Crippen molar-refractivity contribution < 1.29 is 0 Å². The maximum absolute atomic E-state index is 4.55. The van der Waals surface area contributed by atoms with Crippen molar-refractivity contribution >= 4 is 12.6 Å². The van der Waals surface area contributed by atoms with E-state index >= 15 is 0 Å². The molecule has 0 aromatic carbocycles. The summed E-state index contributed by atoms with van der Waals surface area (Å²) in [5, 5.41) is 0. The zero-order valence-corrected chi connectivity index (χ0v) is 10.4. The van der Waals surface area contributed by atoms with Crippen LogP contribution in [0.5, 0.6) is 0 Å². The van der Waals surface area contributed by atoms with Crippen molar-refractivity contribution in [3.8, 4) is 0 Å². The van der Waals surface area contributed by atoms with Gasteiger partial charge in [-0.15, -0.1) is 6.58 Å². The van der Waals surface area contributed by atoms with Crippen LogP contribution < -0.4 is 0 Å². The molecule has 0 aromatic rings. The second kappa shape index (κ2) is 4.90. The Bertz CT molecular complexity index is 196. The van der Waals surface area contributed by atoms with E-state index in [1.807, 2.05) is 6.08 Å². The zero-order valence-electron chi connectivity index (χ0n) is 9.46. The Morgan fingerprint density at radius 3 is 2.15 bits per heavy atom. The van der Waals surface area contributed by atoms with Gasteiger partial charge in [-0.2, -0.15) is 12.6 Å². The van der Waals surface area contributed by atoms with Gasteiger partial charge in [-0.25, -0.2) is 0 Å². The molecule has 0 aliphatic carbocycles. The third-order valence-electron chi connectivity index (χ3n) is 2.70. The van der Waals surface area contributed by atoms with Crippen molar-refractivity contribution in [3.05, 3.63) is 24.3 Å². The van der Waals surface area contributed by atoms with Gasteiger partial charge in [-0.3, -0.25) is 0 Å². The summed E-state index contributed by atoms with van der Waals surface area (Å²) in [5.74, 6) is 0.955. The number of hydrogen-bond donors (Lipinski definition) is 1. The van der Waals surface area contributed by atoms with Crippen molar-refractivity contribution in [2.75, 3.05) is 0 Å². The summed E-state index contributed by atoms with van der Waals surface area (Å²) in [6, 6.07) is 0. The molecular weight excluding hydrogens is 176 g/mol. The van der Waals surface area contributed by atoms with Gasteiger partial charge in [0.2, 0.25) is 0 Å². The van der Waals surface area contributed by atoms with Crippen molar-refractivity contribution in [3.63, 3.8) is 0 Å². The molecule has 0 N–H and O–H groups in total. The maximum Gasteiger partial charge on any atom is 0.0133 e. The Hall–Kier alpha value is -0.170. The van der Waals surface area contributed by atoms with Crippen LogP contribution in [-0.4, -0.2) is 4.75 Å². The molecule has 0 fully saturated rings. The zero-order chi connectivity index (χ0) is 10.6. The second-order valence-electron chi connectivity index (χ2n) is 4.38. The van der Waals surface area contributed by atoms with E-state index in [-0.39, 0.29) is 4.75 Å². The van der Waals surface area contributed by atoms with Crippen LogP contribution in [0.4, 0.5) is 0 Å². The summed E-state index contributed by atoms with van der Waals surface area (Å²) in [6.07, 6.45) is 4.27. The van der Waals surface area contributed by atoms with E-state index in [1.165, 1.54) is 5.57 Å². The molecule has 0 spiro atoms. The van der Waals surface area contributed by atoms with E-state index in [2.05, 4.69) is 59.9 Å². The lowest BCUT2D eigenvalue weighted by Gasteiger charge is -2.24. The summed E-state index contributed by atoms with van der Waals surface area (Å²) in [4.78, 5) is 0. The number of rotatable bonds is 4. The minimum atomic E-state index is 0.0577. The Balaban J connectivity index is 4.47. The number of hydrogen-bond acceptors (Lipinski definition) is 1. The van der Waals surface area contributed by atoms with E-state index < -0.39 is 0 Å². The number of thiol groups is 1. The Labute approximate surface area is 88.5 Å². The van der Waals surface area contributed by atoms with Crippen LogP contribution in [0.3, 0.4) is 0 Å². The van der Waals surface area contributed by atoms with E-state index in [4.69, 9.17) is 0 Å². The molecule has 1 heteroatoms. The minimum absolute atomic E-state index is 0.0577. The van der Waals surface area contributed by atoms with Crippen LogP contribution in [0.15, 0.2) is 24.3 Å². The topological polar surface area (TPSA) is 0 Å². The molecule has 2 atom stereocenters. The molecule has 0 amide bonds. The SMILES string of the molecule is C=CC(C)/C(C)=C/C(C)C(C)(C)S. The predicted octanol–water partition coefficient (Wildman–Crippen LogP) is 4.10. The van der Waals surface area contributed by atoms with E-state index in [0.717, 1.165) is 0 Å². The fraction of sp³-hybridized carbons (Fsp3) is 0.667. The molecular formula is C12H22S. The molecule has 0 heterocycles. The second-order valence-corrected chi connectivity index (χ2v) is 5.53. The minimum Gasteiger partial charge on any atom is -0.172 e. The summed E-state index contributed by atoms with van der Waals surface area (Å²) < 4.78 is 0.0577. The van der Waals surface area contributed by atoms with Crippen molar-refractivity contribution in [1.82, 2.24) is 0 Å². The highest BCUT2D eigenvalue weighted by molar-refractivity contribution is 7.81. The van der Waals surface area contributed by atoms with Crippen LogP contribution in [0.1, 0.15) is 34.6 Å². The summed E-state index contributed by atoms with van der Waals surface area (Å²) >= 11 is 4.55. The molecule has 0 aliphatic heterocycles. The molecule has 0 nitrogen and oxygen atoms in total. The molecule has 0 aromatic heterocycles. The monoisotopic (exact) mass is 198 g/mol. The van der Waals surface area contributed by atoms with Crippen molar-refractivity contribution in [1.29, 1.82) is 0 Å². The van der Waals surface area contributed by atoms with Gasteiger partial charge in [0.25, 0.3) is 0 Å². The first-order valence-corrected chi connectivity index (χ1v) is 5.27. The van der Waals surface area contributed by atoms with Crippen molar-refractivity contribution in [2.45, 2.75) is 39.4 Å². The third kappa shape index (κ3) is 4.56. The third-order valence-corrected chi connectivity index (χ3v) is 3.11. The first kappa shape index (κ1) is 12.8. The lowest BCUT2D eigenvalue weighted by Crippen LogP contribution is -2.20. The quantitative estimate of drug-likeness (QED) is 0.510. The van der Waals surface area contributed by atoms with Gasteiger partial charge in [-0.1, -0.05) is 45.4 Å². The van der Waals surface area contributed by atoms with Gasteiger partial charge < -0.3 is 0 Å². The lowest BCUT2D eigenvalue weighted by atomic mass is 9.91. The van der Waals surface area contributed by atoms with Crippen LogP contribution in [0.25, 0.3) is 0 Å². The van der Waals surface area contributed by atoms with Gasteiger partial charge >= 0.3 is 0 Å². The van der Waals surface area contributed by atoms with Gasteiger partial charge in [0, 0.05) is 4.75 Å². The molecule has 0 radical (unpaired) electrons. The summed E-state index contributed by atoms with van der Waals surface area (Å²) in [6.45, 7) is 14.6. The van der Waals surface area contributed by atoms with Crippen LogP contribution >= 0.6 is 12.6 Å². The molecule has 76 valence electrons. The maximum atomic E-state index is 4.55. The smallest absolute Gasteiger partial charge is 0.0133 e. The van der Waals surface area contributed by atoms with Crippen molar-refractivity contribution in [2.24, 2.45) is 11.8 Å². The summed E-state index contributed by atoms with van der Waals surface area (Å²) in [7, 11) is 0. The van der Waals surface area contributed by atoms with Gasteiger partial charge in [0.1, 0.15) is 0 Å². The highest BCUT2D eigenvalue weighted by Gasteiger charge is 2.19. The van der Waals surface area contributed by atoms with Gasteiger partial charge in [0.05, 0.1) is 0 Å². The largest absolute Gasteiger partial charge is 0.172 e. The standard InChI is InChI=1S/C12H22S/c1-7-9(2)10(3)8-11(4)12(5,6)13/h7-9,11,13H,1H2,2-6H3/b10-8+. The Morgan fingerprint density at radius 2 is 1.85 bits per heavy atom. The fourth-order valence-electron chi connectivity index (χ4n) is 0.936. The average molecular weight is 198 g/mol. The lowest BCUT2D eigenvalue weighted by molar-refractivity contribution is 0.553. The van der Waals surface area contributed by atoms with Crippen LogP contribution in [0.2, 0.25) is 0 Å². The molecule has 0 bridgehead atoms. The van der Waals surface area contributed by atoms with Crippen LogP contribution in [-0.2, 0) is 0 Å². The van der Waals surface area contributed by atoms with Gasteiger partial charge in [-0.05, 0) is 18.8 Å². The molecule has 0 aliphatic rings. The number of allylic oxidation sites excluding steroid dienone is 3. The normalized spacial score (nSPS) is 18.2. The first-order chi connectivity index (χ1) is 5.79. The van der Waals surface area contributed by atoms with E-state index in [1.54, 1.807) is 0 Å². The highest BCUT2D eigenvalue weighted by Crippen LogP contribution is 2.26. The van der Waals surface area contributed by atoms with Gasteiger partial charge in [0.15, 0.2) is 0 Å². The highest BCUT2D eigenvalue weighted by atomic mass is 32.1. The average Bonchev–Trinajstić information content (AvgIpc) is 2.01. The molecule has 0 saturated carbocycles. The summed E-state index contributed by atoms with van der Waals surface area (Å²) in [5.41, 5.74) is 1.38. The van der Waals surface area contributed by atoms with Crippen LogP contribution in [0, 0.1) is 11.8 Å². The first-order valence-electron chi connectivity index (χ1n) is 4.82. The molecule has 0 rings (SSSR count). The molecule has 0 saturated heterocycles. The molecule has 2 unspecified atom stereocenters. The Kier molecular flexibility index (Phi) is 4.83. The van der Waals surface area contributed by atoms with E-state index in [9.17, 15) is 0 Å². The predicted molar refractivity (Wildman–Crippen MR) is 65.3 cm³/mol. The Morgan fingerprint density at radius 1 is 1.38 bits per heavy atom. The molecule has 13 heavy (non-hydrogen) atoms.